The number of nitro benzene ring substituents is 2. The molecule has 0 aliphatic carbocycles. The maximum atomic E-state index is 13.1. The Hall–Kier alpha value is -2.59. The molecule has 0 fully saturated rings. The van der Waals surface area contributed by atoms with Gasteiger partial charge >= 0.3 is 11.9 Å². The summed E-state index contributed by atoms with van der Waals surface area (Å²) in [5.41, 5.74) is -4.30. The van der Waals surface area contributed by atoms with Crippen LogP contribution in [-0.4, -0.2) is 23.0 Å². The van der Waals surface area contributed by atoms with Gasteiger partial charge in [-0.1, -0.05) is 13.8 Å². The molecule has 0 amide bonds. The van der Waals surface area contributed by atoms with E-state index in [9.17, 15) is 33.4 Å². The number of benzene rings is 1. The van der Waals surface area contributed by atoms with Gasteiger partial charge in [0.2, 0.25) is 5.75 Å². The first-order chi connectivity index (χ1) is 11.1. The first-order valence-corrected chi connectivity index (χ1v) is 6.95. The maximum absolute atomic E-state index is 13.1. The Morgan fingerprint density at radius 3 is 2.08 bits per heavy atom. The third-order valence-corrected chi connectivity index (χ3v) is 3.46. The molecule has 1 aromatic rings. The van der Waals surface area contributed by atoms with Gasteiger partial charge in [-0.05, 0) is 12.8 Å². The Morgan fingerprint density at radius 2 is 1.75 bits per heavy atom. The lowest BCUT2D eigenvalue weighted by Crippen LogP contribution is -2.20. The molecule has 0 aliphatic rings. The molecular formula is C13H16F3N3O5. The molecule has 0 radical (unpaired) electrons. The van der Waals surface area contributed by atoms with E-state index in [1.54, 1.807) is 13.8 Å². The number of hydrogen-bond acceptors (Lipinski definition) is 6. The molecule has 0 unspecified atom stereocenters. The van der Waals surface area contributed by atoms with Crippen LogP contribution in [0.1, 0.15) is 32.3 Å². The van der Waals surface area contributed by atoms with Crippen molar-refractivity contribution in [3.05, 3.63) is 31.9 Å². The zero-order chi connectivity index (χ0) is 18.7. The monoisotopic (exact) mass is 351 g/mol. The molecule has 134 valence electrons. The van der Waals surface area contributed by atoms with E-state index in [1.165, 1.54) is 0 Å². The van der Waals surface area contributed by atoms with E-state index in [2.05, 4.69) is 10.1 Å². The fourth-order valence-corrected chi connectivity index (χ4v) is 2.21. The molecule has 1 N–H and O–H groups in total. The van der Waals surface area contributed by atoms with E-state index < -0.39 is 44.4 Å². The largest absolute Gasteiger partial charge is 0.490 e. The number of rotatable bonds is 7. The van der Waals surface area contributed by atoms with Gasteiger partial charge in [0, 0.05) is 12.1 Å². The van der Waals surface area contributed by atoms with Crippen molar-refractivity contribution in [1.29, 1.82) is 0 Å². The zero-order valence-electron chi connectivity index (χ0n) is 13.1. The molecular weight excluding hydrogens is 335 g/mol. The van der Waals surface area contributed by atoms with Crippen LogP contribution in [0.5, 0.6) is 5.75 Å². The summed E-state index contributed by atoms with van der Waals surface area (Å²) in [5, 5.41) is 25.1. The van der Waals surface area contributed by atoms with Crippen LogP contribution in [0, 0.1) is 20.2 Å². The molecule has 0 bridgehead atoms. The molecule has 1 rings (SSSR count). The van der Waals surface area contributed by atoms with E-state index in [4.69, 9.17) is 0 Å². The Labute approximate surface area is 134 Å². The third-order valence-electron chi connectivity index (χ3n) is 3.46. The van der Waals surface area contributed by atoms with E-state index >= 15 is 0 Å². The normalized spacial score (nSPS) is 11.5. The summed E-state index contributed by atoms with van der Waals surface area (Å²) in [7, 11) is 0.838. The first-order valence-electron chi connectivity index (χ1n) is 6.95. The van der Waals surface area contributed by atoms with Crippen LogP contribution >= 0.6 is 0 Å². The van der Waals surface area contributed by atoms with Crippen LogP contribution < -0.4 is 10.1 Å². The van der Waals surface area contributed by atoms with Crippen LogP contribution in [0.3, 0.4) is 0 Å². The minimum Gasteiger partial charge on any atom is -0.490 e. The van der Waals surface area contributed by atoms with Crippen molar-refractivity contribution in [1.82, 2.24) is 0 Å². The molecule has 0 aromatic heterocycles. The number of ether oxygens (including phenoxy) is 1. The van der Waals surface area contributed by atoms with Crippen molar-refractivity contribution in [3.63, 3.8) is 0 Å². The fourth-order valence-electron chi connectivity index (χ4n) is 2.21. The van der Waals surface area contributed by atoms with Crippen LogP contribution in [-0.2, 0) is 6.18 Å². The van der Waals surface area contributed by atoms with Crippen molar-refractivity contribution < 1.29 is 27.8 Å². The van der Waals surface area contributed by atoms with Gasteiger partial charge < -0.3 is 10.1 Å². The summed E-state index contributed by atoms with van der Waals surface area (Å²) in [5.74, 6) is -1.06. The fraction of sp³-hybridized carbons (Fsp3) is 0.538. The smallest absolute Gasteiger partial charge is 0.420 e. The van der Waals surface area contributed by atoms with Gasteiger partial charge in [-0.25, -0.2) is 0 Å². The highest BCUT2D eigenvalue weighted by Gasteiger charge is 2.43. The predicted molar refractivity (Wildman–Crippen MR) is 79.3 cm³/mol. The van der Waals surface area contributed by atoms with Crippen LogP contribution in [0.25, 0.3) is 0 Å². The highest BCUT2D eigenvalue weighted by atomic mass is 19.4. The maximum Gasteiger partial charge on any atom is 0.420 e. The summed E-state index contributed by atoms with van der Waals surface area (Å²) in [6, 6.07) is -0.139. The average Bonchev–Trinajstić information content (AvgIpc) is 2.49. The number of nitro groups is 2. The number of methoxy groups -OCH3 is 1. The van der Waals surface area contributed by atoms with Gasteiger partial charge in [0.05, 0.1) is 17.0 Å². The van der Waals surface area contributed by atoms with Crippen molar-refractivity contribution in [3.8, 4) is 5.75 Å². The van der Waals surface area contributed by atoms with Gasteiger partial charge in [0.15, 0.2) is 5.69 Å². The van der Waals surface area contributed by atoms with Gasteiger partial charge in [-0.15, -0.1) is 0 Å². The molecule has 0 saturated carbocycles. The standard InChI is InChI=1S/C13H16F3N3O5/c1-4-7(5-2)17-10-9(18(20)21)6-8(13(14,15)16)12(24-3)11(10)19(22)23/h6-7,17H,4-5H2,1-3H3. The lowest BCUT2D eigenvalue weighted by Gasteiger charge is -2.19. The van der Waals surface area contributed by atoms with E-state index in [0.29, 0.717) is 12.8 Å². The molecule has 1 aromatic carbocycles. The summed E-state index contributed by atoms with van der Waals surface area (Å²) in [4.78, 5) is 20.3. The minimum atomic E-state index is -5.05. The van der Waals surface area contributed by atoms with Crippen molar-refractivity contribution in [2.24, 2.45) is 0 Å². The number of nitrogens with zero attached hydrogens (tertiary/aromatic N) is 2. The third kappa shape index (κ3) is 3.84. The second kappa shape index (κ2) is 7.32. The van der Waals surface area contributed by atoms with Crippen LogP contribution in [0.2, 0.25) is 0 Å². The van der Waals surface area contributed by atoms with Crippen LogP contribution in [0.4, 0.5) is 30.2 Å². The van der Waals surface area contributed by atoms with E-state index in [-0.39, 0.29) is 12.1 Å². The topological polar surface area (TPSA) is 108 Å². The van der Waals surface area contributed by atoms with Crippen molar-refractivity contribution in [2.75, 3.05) is 12.4 Å². The summed E-state index contributed by atoms with van der Waals surface area (Å²) in [6.45, 7) is 3.47. The number of hydrogen-bond donors (Lipinski definition) is 1. The second-order valence-electron chi connectivity index (χ2n) is 4.87. The van der Waals surface area contributed by atoms with Gasteiger partial charge in [0.1, 0.15) is 5.56 Å². The average molecular weight is 351 g/mol. The quantitative estimate of drug-likeness (QED) is 0.584. The summed E-state index contributed by atoms with van der Waals surface area (Å²) in [6.07, 6.45) is -4.11. The molecule has 8 nitrogen and oxygen atoms in total. The van der Waals surface area contributed by atoms with E-state index in [0.717, 1.165) is 7.11 Å². The van der Waals surface area contributed by atoms with Gasteiger partial charge in [-0.2, -0.15) is 13.2 Å². The first kappa shape index (κ1) is 19.5. The lowest BCUT2D eigenvalue weighted by atomic mass is 10.1. The lowest BCUT2D eigenvalue weighted by molar-refractivity contribution is -0.393. The molecule has 0 spiro atoms. The molecule has 0 saturated heterocycles. The van der Waals surface area contributed by atoms with Crippen molar-refractivity contribution >= 4 is 17.1 Å². The highest BCUT2D eigenvalue weighted by Crippen LogP contribution is 2.49. The number of halogens is 3. The molecule has 0 atom stereocenters. The minimum absolute atomic E-state index is 0.247. The summed E-state index contributed by atoms with van der Waals surface area (Å²) < 4.78 is 43.9. The summed E-state index contributed by atoms with van der Waals surface area (Å²) >= 11 is 0. The molecule has 11 heteroatoms. The molecule has 0 heterocycles. The van der Waals surface area contributed by atoms with Crippen molar-refractivity contribution in [2.45, 2.75) is 38.9 Å². The number of anilines is 1. The Morgan fingerprint density at radius 1 is 1.21 bits per heavy atom. The predicted octanol–water partition coefficient (Wildman–Crippen LogP) is 4.13. The highest BCUT2D eigenvalue weighted by molar-refractivity contribution is 5.81. The van der Waals surface area contributed by atoms with Crippen LogP contribution in [0.15, 0.2) is 6.07 Å². The zero-order valence-corrected chi connectivity index (χ0v) is 13.1. The van der Waals surface area contributed by atoms with E-state index in [1.807, 2.05) is 0 Å². The number of nitrogens with one attached hydrogen (secondary N) is 1. The van der Waals surface area contributed by atoms with Gasteiger partial charge in [0.25, 0.3) is 5.69 Å². The number of alkyl halides is 3. The molecule has 0 aliphatic heterocycles. The Balaban J connectivity index is 3.84. The SMILES string of the molecule is CCC(CC)Nc1c([N+](=O)[O-])cc(C(F)(F)F)c(OC)c1[N+](=O)[O-]. The Bertz CT molecular complexity index is 645. The molecule has 24 heavy (non-hydrogen) atoms. The van der Waals surface area contributed by atoms with Gasteiger partial charge in [-0.3, -0.25) is 20.2 Å². The second-order valence-corrected chi connectivity index (χ2v) is 4.87. The Kier molecular flexibility index (Phi) is 5.93.